The molecule has 9 aliphatic rings. The van der Waals surface area contributed by atoms with Crippen LogP contribution in [-0.2, 0) is 21.0 Å². The first-order valence-corrected chi connectivity index (χ1v) is 8.07. The van der Waals surface area contributed by atoms with Gasteiger partial charge in [0.25, 0.3) is 0 Å². The van der Waals surface area contributed by atoms with Crippen LogP contribution in [0.3, 0.4) is 0 Å². The molecule has 2 aliphatic heterocycles. The van der Waals surface area contributed by atoms with Crippen LogP contribution >= 0.6 is 0 Å². The Morgan fingerprint density at radius 2 is 1.20 bits per heavy atom. The van der Waals surface area contributed by atoms with Gasteiger partial charge in [0.15, 0.2) is 11.2 Å². The maximum absolute atomic E-state index is 6.21. The van der Waals surface area contributed by atoms with Crippen molar-refractivity contribution in [3.05, 3.63) is 46.5 Å². The smallest absolute Gasteiger partial charge is 0.153 e. The molecule has 10 rings (SSSR count). The summed E-state index contributed by atoms with van der Waals surface area (Å²) in [6.07, 6.45) is 5.29. The minimum atomic E-state index is -0.185. The Labute approximate surface area is 117 Å². The Kier molecular flexibility index (Phi) is 1.23. The summed E-state index contributed by atoms with van der Waals surface area (Å²) in [5.74, 6) is 2.91. The molecule has 20 heavy (non-hydrogen) atoms. The van der Waals surface area contributed by atoms with E-state index in [1.165, 1.54) is 36.8 Å². The Morgan fingerprint density at radius 1 is 0.750 bits per heavy atom. The second-order valence-corrected chi connectivity index (χ2v) is 7.74. The summed E-state index contributed by atoms with van der Waals surface area (Å²) < 4.78 is 0. The van der Waals surface area contributed by atoms with Crippen molar-refractivity contribution in [1.82, 2.24) is 0 Å². The van der Waals surface area contributed by atoms with Gasteiger partial charge in [-0.1, -0.05) is 24.3 Å². The van der Waals surface area contributed by atoms with Gasteiger partial charge in [0.2, 0.25) is 0 Å². The van der Waals surface area contributed by atoms with Crippen molar-refractivity contribution in [2.45, 2.75) is 36.9 Å². The molecule has 2 heterocycles. The van der Waals surface area contributed by atoms with Gasteiger partial charge in [0.05, 0.1) is 0 Å². The number of hydrogen-bond acceptors (Lipinski definition) is 2. The van der Waals surface area contributed by atoms with Crippen LogP contribution in [0.15, 0.2) is 35.4 Å². The number of rotatable bonds is 0. The molecule has 6 bridgehead atoms. The third-order valence-corrected chi connectivity index (χ3v) is 7.36. The predicted molar refractivity (Wildman–Crippen MR) is 71.4 cm³/mol. The molecule has 7 aliphatic carbocycles. The van der Waals surface area contributed by atoms with Gasteiger partial charge < -0.3 is 0 Å². The van der Waals surface area contributed by atoms with E-state index in [0.29, 0.717) is 11.8 Å². The average Bonchev–Trinajstić information content (AvgIpc) is 3.06. The van der Waals surface area contributed by atoms with E-state index in [4.69, 9.17) is 9.78 Å². The Morgan fingerprint density at radius 3 is 1.65 bits per heavy atom. The Hall–Kier alpha value is -1.12. The van der Waals surface area contributed by atoms with Crippen LogP contribution < -0.4 is 0 Å². The normalized spacial score (nSPS) is 55.0. The lowest BCUT2D eigenvalue weighted by Gasteiger charge is -2.51. The van der Waals surface area contributed by atoms with Gasteiger partial charge >= 0.3 is 0 Å². The van der Waals surface area contributed by atoms with Crippen LogP contribution in [0, 0.1) is 23.7 Å². The standard InChI is InChI=1S/C18H16O2/c1-2-4-14-13(3-1)17-11-5-9(6-11)15(17)16-10-7-12(8-10)18(14,16)20-19-17/h1-4,9-12H,5-8H2. The molecule has 0 N–H and O–H groups in total. The highest BCUT2D eigenvalue weighted by molar-refractivity contribution is 5.63. The fraction of sp³-hybridized carbons (Fsp3) is 0.556. The first-order valence-electron chi connectivity index (χ1n) is 8.07. The van der Waals surface area contributed by atoms with Crippen LogP contribution in [0.25, 0.3) is 0 Å². The quantitative estimate of drug-likeness (QED) is 0.528. The van der Waals surface area contributed by atoms with Gasteiger partial charge in [-0.2, -0.15) is 0 Å². The molecular formula is C18H16O2. The molecule has 2 unspecified atom stereocenters. The van der Waals surface area contributed by atoms with Gasteiger partial charge in [-0.3, -0.25) is 0 Å². The van der Waals surface area contributed by atoms with Gasteiger partial charge in [-0.15, -0.1) is 0 Å². The van der Waals surface area contributed by atoms with E-state index in [2.05, 4.69) is 24.3 Å². The van der Waals surface area contributed by atoms with Gasteiger partial charge in [0, 0.05) is 11.8 Å². The van der Waals surface area contributed by atoms with Crippen LogP contribution in [0.5, 0.6) is 0 Å². The number of hydrogen-bond donors (Lipinski definition) is 0. The van der Waals surface area contributed by atoms with Crippen molar-refractivity contribution >= 4 is 0 Å². The predicted octanol–water partition coefficient (Wildman–Crippen LogP) is 3.43. The Balaban J connectivity index is 1.72. The van der Waals surface area contributed by atoms with Crippen molar-refractivity contribution < 1.29 is 9.78 Å². The second kappa shape index (κ2) is 2.53. The highest BCUT2D eigenvalue weighted by Crippen LogP contribution is 2.79. The van der Waals surface area contributed by atoms with Crippen molar-refractivity contribution in [1.29, 1.82) is 0 Å². The minimum Gasteiger partial charge on any atom is -0.219 e. The highest BCUT2D eigenvalue weighted by Gasteiger charge is 2.77. The van der Waals surface area contributed by atoms with Crippen LogP contribution in [-0.4, -0.2) is 0 Å². The lowest BCUT2D eigenvalue weighted by atomic mass is 9.68. The summed E-state index contributed by atoms with van der Waals surface area (Å²) in [4.78, 5) is 12.4. The largest absolute Gasteiger partial charge is 0.219 e. The zero-order valence-corrected chi connectivity index (χ0v) is 11.3. The maximum Gasteiger partial charge on any atom is 0.153 e. The van der Waals surface area contributed by atoms with E-state index in [1.807, 2.05) is 0 Å². The molecule has 0 radical (unpaired) electrons. The molecule has 0 aromatic heterocycles. The van der Waals surface area contributed by atoms with E-state index in [9.17, 15) is 0 Å². The van der Waals surface area contributed by atoms with Gasteiger partial charge in [-0.05, 0) is 59.8 Å². The minimum absolute atomic E-state index is 0.185. The molecular weight excluding hydrogens is 248 g/mol. The van der Waals surface area contributed by atoms with E-state index in [-0.39, 0.29) is 11.2 Å². The second-order valence-electron chi connectivity index (χ2n) is 7.74. The topological polar surface area (TPSA) is 18.5 Å². The van der Waals surface area contributed by atoms with E-state index in [0.717, 1.165) is 11.8 Å². The van der Waals surface area contributed by atoms with E-state index >= 15 is 0 Å². The molecule has 1 aromatic rings. The lowest BCUT2D eigenvalue weighted by molar-refractivity contribution is -0.437. The van der Waals surface area contributed by atoms with Gasteiger partial charge in [-0.25, -0.2) is 9.78 Å². The highest BCUT2D eigenvalue weighted by atomic mass is 17.2. The zero-order valence-electron chi connectivity index (χ0n) is 11.3. The van der Waals surface area contributed by atoms with Crippen molar-refractivity contribution in [2.24, 2.45) is 23.7 Å². The van der Waals surface area contributed by atoms with Crippen LogP contribution in [0.4, 0.5) is 0 Å². The molecule has 6 fully saturated rings. The van der Waals surface area contributed by atoms with Crippen LogP contribution in [0.1, 0.15) is 36.8 Å². The first kappa shape index (κ1) is 9.75. The molecule has 6 saturated carbocycles. The van der Waals surface area contributed by atoms with Crippen molar-refractivity contribution in [3.63, 3.8) is 0 Å². The third kappa shape index (κ3) is 0.651. The fourth-order valence-corrected chi connectivity index (χ4v) is 6.57. The summed E-state index contributed by atoms with van der Waals surface area (Å²) in [6.45, 7) is 0. The molecule has 100 valence electrons. The molecule has 0 saturated heterocycles. The molecule has 1 aromatic carbocycles. The van der Waals surface area contributed by atoms with E-state index in [1.54, 1.807) is 11.1 Å². The van der Waals surface area contributed by atoms with Gasteiger partial charge in [0.1, 0.15) is 0 Å². The number of benzene rings is 1. The van der Waals surface area contributed by atoms with E-state index < -0.39 is 0 Å². The monoisotopic (exact) mass is 264 g/mol. The van der Waals surface area contributed by atoms with Crippen molar-refractivity contribution in [2.75, 3.05) is 0 Å². The van der Waals surface area contributed by atoms with Crippen molar-refractivity contribution in [3.8, 4) is 0 Å². The molecule has 2 spiro atoms. The third-order valence-electron chi connectivity index (χ3n) is 7.36. The fourth-order valence-electron chi connectivity index (χ4n) is 6.57. The SMILES string of the molecule is c1ccc2c(c1)C13OOC24C(=C1C1CC3C1)C1CC4C1. The molecule has 2 atom stereocenters. The van der Waals surface area contributed by atoms with Crippen LogP contribution in [0.2, 0.25) is 0 Å². The first-order chi connectivity index (χ1) is 9.85. The molecule has 2 nitrogen and oxygen atoms in total. The summed E-state index contributed by atoms with van der Waals surface area (Å²) in [5.41, 5.74) is 5.88. The average molecular weight is 264 g/mol. The molecule has 0 amide bonds. The summed E-state index contributed by atoms with van der Waals surface area (Å²) >= 11 is 0. The lowest BCUT2D eigenvalue weighted by Crippen LogP contribution is -2.51. The summed E-state index contributed by atoms with van der Waals surface area (Å²) in [5, 5.41) is 0. The number of fused-ring (bicyclic) bond motifs is 1. The molecule has 2 heteroatoms. The zero-order chi connectivity index (χ0) is 12.7. The maximum atomic E-state index is 6.21. The summed E-state index contributed by atoms with van der Waals surface area (Å²) in [6, 6.07) is 8.99. The summed E-state index contributed by atoms with van der Waals surface area (Å²) in [7, 11) is 0. The Bertz CT molecular complexity index is 662.